The van der Waals surface area contributed by atoms with Gasteiger partial charge in [-0.3, -0.25) is 9.79 Å². The molecule has 1 aliphatic carbocycles. The zero-order valence-corrected chi connectivity index (χ0v) is 17.5. The van der Waals surface area contributed by atoms with Gasteiger partial charge in [-0.25, -0.2) is 4.98 Å². The van der Waals surface area contributed by atoms with Crippen LogP contribution in [0.25, 0.3) is 0 Å². The molecule has 2 aromatic rings. The summed E-state index contributed by atoms with van der Waals surface area (Å²) in [7, 11) is 0. The number of aryl methyl sites for hydroxylation is 1. The number of hydrogen-bond donors (Lipinski definition) is 2. The lowest BCUT2D eigenvalue weighted by Crippen LogP contribution is -2.62. The van der Waals surface area contributed by atoms with Crippen LogP contribution >= 0.6 is 0 Å². The van der Waals surface area contributed by atoms with E-state index in [1.165, 1.54) is 12.8 Å². The zero-order chi connectivity index (χ0) is 20.6. The van der Waals surface area contributed by atoms with Crippen LogP contribution < -0.4 is 10.6 Å². The number of aliphatic imine (C=N–C) groups is 1. The maximum Gasteiger partial charge on any atom is 0.254 e. The molecule has 2 N–H and O–H groups in total. The number of benzene rings is 1. The molecule has 2 fully saturated rings. The van der Waals surface area contributed by atoms with E-state index < -0.39 is 5.54 Å². The first-order valence-electron chi connectivity index (χ1n) is 11.1. The lowest BCUT2D eigenvalue weighted by molar-refractivity contribution is 0.0693. The minimum atomic E-state index is -0.394. The highest BCUT2D eigenvalue weighted by molar-refractivity contribution is 6.09. The van der Waals surface area contributed by atoms with Gasteiger partial charge in [-0.05, 0) is 56.4 Å². The molecule has 6 nitrogen and oxygen atoms in total. The van der Waals surface area contributed by atoms with Gasteiger partial charge in [-0.1, -0.05) is 31.0 Å². The lowest BCUT2D eigenvalue weighted by Gasteiger charge is -2.47. The molecule has 30 heavy (non-hydrogen) atoms. The summed E-state index contributed by atoms with van der Waals surface area (Å²) in [4.78, 5) is 25.0. The molecule has 3 heterocycles. The predicted molar refractivity (Wildman–Crippen MR) is 120 cm³/mol. The van der Waals surface area contributed by atoms with Gasteiger partial charge in [0.2, 0.25) is 0 Å². The fraction of sp³-hybridized carbons (Fsp3) is 0.458. The van der Waals surface area contributed by atoms with Crippen LogP contribution in [0.4, 0.5) is 11.5 Å². The summed E-state index contributed by atoms with van der Waals surface area (Å²) in [6, 6.07) is 12.2. The van der Waals surface area contributed by atoms with Crippen molar-refractivity contribution in [1.82, 2.24) is 9.88 Å². The van der Waals surface area contributed by atoms with Crippen molar-refractivity contribution in [2.24, 2.45) is 4.99 Å². The smallest absolute Gasteiger partial charge is 0.254 e. The van der Waals surface area contributed by atoms with Crippen LogP contribution in [0.2, 0.25) is 0 Å². The Morgan fingerprint density at radius 2 is 2.00 bits per heavy atom. The molecule has 1 spiro atoms. The van der Waals surface area contributed by atoms with Gasteiger partial charge in [-0.2, -0.15) is 0 Å². The molecule has 1 saturated carbocycles. The fourth-order valence-electron chi connectivity index (χ4n) is 5.03. The summed E-state index contributed by atoms with van der Waals surface area (Å²) in [5, 5.41) is 7.27. The van der Waals surface area contributed by atoms with Gasteiger partial charge in [0.25, 0.3) is 5.91 Å². The van der Waals surface area contributed by atoms with Gasteiger partial charge in [0.1, 0.15) is 11.4 Å². The van der Waals surface area contributed by atoms with Crippen LogP contribution in [0.15, 0.2) is 47.6 Å². The number of anilines is 2. The Morgan fingerprint density at radius 1 is 1.17 bits per heavy atom. The van der Waals surface area contributed by atoms with Gasteiger partial charge in [0.15, 0.2) is 5.82 Å². The van der Waals surface area contributed by atoms with Crippen LogP contribution in [-0.4, -0.2) is 46.3 Å². The summed E-state index contributed by atoms with van der Waals surface area (Å²) in [6.07, 6.45) is 8.45. The number of piperidine rings is 1. The third kappa shape index (κ3) is 3.44. The molecular weight excluding hydrogens is 374 g/mol. The van der Waals surface area contributed by atoms with Crippen LogP contribution in [0.5, 0.6) is 0 Å². The molecule has 3 aliphatic rings. The Hall–Kier alpha value is -2.89. The molecule has 1 amide bonds. The molecule has 1 atom stereocenters. The van der Waals surface area contributed by atoms with Crippen molar-refractivity contribution in [1.29, 1.82) is 0 Å². The first-order chi connectivity index (χ1) is 14.6. The van der Waals surface area contributed by atoms with Crippen molar-refractivity contribution >= 4 is 23.2 Å². The molecule has 6 heteroatoms. The lowest BCUT2D eigenvalue weighted by atomic mass is 9.85. The highest BCUT2D eigenvalue weighted by Gasteiger charge is 2.45. The molecule has 2 aliphatic heterocycles. The second-order valence-corrected chi connectivity index (χ2v) is 8.79. The van der Waals surface area contributed by atoms with E-state index >= 15 is 0 Å². The van der Waals surface area contributed by atoms with Gasteiger partial charge < -0.3 is 15.5 Å². The molecule has 0 radical (unpaired) electrons. The number of aromatic nitrogens is 1. The Bertz CT molecular complexity index is 981. The Balaban J connectivity index is 1.49. The summed E-state index contributed by atoms with van der Waals surface area (Å²) in [5.41, 5.74) is 2.39. The summed E-state index contributed by atoms with van der Waals surface area (Å²) < 4.78 is 0. The average molecular weight is 404 g/mol. The number of amides is 1. The topological polar surface area (TPSA) is 69.6 Å². The Kier molecular flexibility index (Phi) is 4.93. The number of amidine groups is 1. The number of fused-ring (bicyclic) bond motifs is 1. The van der Waals surface area contributed by atoms with E-state index in [0.717, 1.165) is 60.7 Å². The van der Waals surface area contributed by atoms with Crippen molar-refractivity contribution in [3.8, 4) is 0 Å². The monoisotopic (exact) mass is 403 g/mol. The Labute approximate surface area is 177 Å². The van der Waals surface area contributed by atoms with Gasteiger partial charge in [-0.15, -0.1) is 0 Å². The molecular formula is C24H29N5O. The molecule has 1 aromatic carbocycles. The summed E-state index contributed by atoms with van der Waals surface area (Å²) >= 11 is 0. The maximum absolute atomic E-state index is 13.4. The minimum Gasteiger partial charge on any atom is -0.368 e. The van der Waals surface area contributed by atoms with Crippen molar-refractivity contribution < 1.29 is 4.79 Å². The van der Waals surface area contributed by atoms with Crippen LogP contribution in [0, 0.1) is 6.92 Å². The number of carbonyl (C=O) groups excluding carboxylic acids is 1. The average Bonchev–Trinajstić information content (AvgIpc) is 3.28. The number of nitrogens with zero attached hydrogens (tertiary/aromatic N) is 3. The quantitative estimate of drug-likeness (QED) is 0.787. The first kappa shape index (κ1) is 19.1. The number of likely N-dealkylation sites (tertiary alicyclic amines) is 1. The second kappa shape index (κ2) is 7.74. The highest BCUT2D eigenvalue weighted by Crippen LogP contribution is 2.36. The Morgan fingerprint density at radius 3 is 2.83 bits per heavy atom. The number of pyridine rings is 1. The van der Waals surface area contributed by atoms with E-state index in [0.29, 0.717) is 12.6 Å². The summed E-state index contributed by atoms with van der Waals surface area (Å²) in [5.74, 6) is 1.87. The van der Waals surface area contributed by atoms with E-state index in [9.17, 15) is 4.79 Å². The highest BCUT2D eigenvalue weighted by atomic mass is 16.2. The zero-order valence-electron chi connectivity index (χ0n) is 17.5. The molecule has 1 aromatic heterocycles. The molecule has 0 unspecified atom stereocenters. The van der Waals surface area contributed by atoms with E-state index in [1.807, 2.05) is 48.2 Å². The summed E-state index contributed by atoms with van der Waals surface area (Å²) in [6.45, 7) is 3.38. The number of nitrogens with one attached hydrogen (secondary N) is 2. The van der Waals surface area contributed by atoms with E-state index in [1.54, 1.807) is 6.20 Å². The van der Waals surface area contributed by atoms with Crippen molar-refractivity contribution in [3.05, 3.63) is 53.7 Å². The molecule has 156 valence electrons. The maximum atomic E-state index is 13.4. The second-order valence-electron chi connectivity index (χ2n) is 8.79. The normalized spacial score (nSPS) is 25.1. The van der Waals surface area contributed by atoms with Crippen molar-refractivity contribution in [3.63, 3.8) is 0 Å². The third-order valence-electron chi connectivity index (χ3n) is 6.66. The molecule has 0 bridgehead atoms. The van der Waals surface area contributed by atoms with Crippen LogP contribution in [-0.2, 0) is 0 Å². The predicted octanol–water partition coefficient (Wildman–Crippen LogP) is 4.24. The van der Waals surface area contributed by atoms with Crippen LogP contribution in [0.3, 0.4) is 0 Å². The standard InChI is InChI=1S/C24H29N5O/c1-17-8-2-5-11-19(17)22(30)29-15-7-13-24(16-29)23(26-18-9-3-4-10-18)27-21-20(28-24)12-6-14-25-21/h2,5-6,8,11-12,14,18,28H,3-4,7,9-10,13,15-16H2,1H3,(H,25,26,27)/t24-/m1/s1. The van der Waals surface area contributed by atoms with Crippen LogP contribution in [0.1, 0.15) is 54.4 Å². The fourth-order valence-corrected chi connectivity index (χ4v) is 5.03. The third-order valence-corrected chi connectivity index (χ3v) is 6.66. The van der Waals surface area contributed by atoms with Crippen molar-refractivity contribution in [2.75, 3.05) is 23.7 Å². The first-order valence-corrected chi connectivity index (χ1v) is 11.1. The van der Waals surface area contributed by atoms with E-state index in [4.69, 9.17) is 4.99 Å². The largest absolute Gasteiger partial charge is 0.368 e. The number of rotatable bonds is 2. The SMILES string of the molecule is Cc1ccccc1C(=O)N1CCC[C@]2(C1)Nc1cccnc1NC2=NC1CCCC1. The van der Waals surface area contributed by atoms with E-state index in [2.05, 4.69) is 15.6 Å². The number of hydrogen-bond acceptors (Lipinski definition) is 4. The van der Waals surface area contributed by atoms with Gasteiger partial charge >= 0.3 is 0 Å². The molecule has 5 rings (SSSR count). The van der Waals surface area contributed by atoms with E-state index in [-0.39, 0.29) is 5.91 Å². The molecule has 1 saturated heterocycles. The van der Waals surface area contributed by atoms with Crippen molar-refractivity contribution in [2.45, 2.75) is 57.0 Å². The van der Waals surface area contributed by atoms with Gasteiger partial charge in [0.05, 0.1) is 18.3 Å². The number of carbonyl (C=O) groups is 1. The minimum absolute atomic E-state index is 0.103. The van der Waals surface area contributed by atoms with Gasteiger partial charge in [0, 0.05) is 18.3 Å².